The van der Waals surface area contributed by atoms with E-state index in [4.69, 9.17) is 21.1 Å². The predicted octanol–water partition coefficient (Wildman–Crippen LogP) is 4.66. The van der Waals surface area contributed by atoms with E-state index >= 15 is 0 Å². The Bertz CT molecular complexity index is 1550. The van der Waals surface area contributed by atoms with Crippen LogP contribution in [-0.2, 0) is 29.1 Å². The molecule has 0 aliphatic rings. The second-order valence-electron chi connectivity index (χ2n) is 10.5. The van der Waals surface area contributed by atoms with Crippen LogP contribution in [0.2, 0.25) is 5.02 Å². The Labute approximate surface area is 251 Å². The smallest absolute Gasteiger partial charge is 0.327 e. The van der Waals surface area contributed by atoms with E-state index < -0.39 is 40.0 Å². The molecule has 0 saturated carbocycles. The standard InChI is InChI=1S/C30H34ClN3O7S/c1-21-9-6-13-25(15-21)40-20-28(36)33(5)18-27(35)32-23-11-8-14-26(17-23)42(38,39)34(19-29(37)41-30(2,3)4)24-12-7-10-22(31)16-24/h6-17H,18-20H2,1-5H3,(H,32,35). The molecule has 42 heavy (non-hydrogen) atoms. The summed E-state index contributed by atoms with van der Waals surface area (Å²) in [6.45, 7) is 5.79. The van der Waals surface area contributed by atoms with Gasteiger partial charge < -0.3 is 19.7 Å². The van der Waals surface area contributed by atoms with Crippen LogP contribution in [0.5, 0.6) is 5.75 Å². The van der Waals surface area contributed by atoms with Crippen molar-refractivity contribution in [1.82, 2.24) is 4.90 Å². The van der Waals surface area contributed by atoms with Crippen LogP contribution in [-0.4, -0.2) is 63.4 Å². The van der Waals surface area contributed by atoms with Gasteiger partial charge in [0.2, 0.25) is 5.91 Å². The minimum atomic E-state index is -4.31. The third kappa shape index (κ3) is 9.49. The van der Waals surface area contributed by atoms with E-state index in [9.17, 15) is 22.8 Å². The van der Waals surface area contributed by atoms with Gasteiger partial charge in [0.1, 0.15) is 17.9 Å². The highest BCUT2D eigenvalue weighted by atomic mass is 35.5. The molecule has 2 amide bonds. The summed E-state index contributed by atoms with van der Waals surface area (Å²) in [5.74, 6) is -1.17. The molecule has 0 heterocycles. The number of rotatable bonds is 11. The summed E-state index contributed by atoms with van der Waals surface area (Å²) in [5.41, 5.74) is 0.501. The van der Waals surface area contributed by atoms with Gasteiger partial charge in [-0.15, -0.1) is 0 Å². The van der Waals surface area contributed by atoms with E-state index in [0.29, 0.717) is 5.75 Å². The molecule has 0 saturated heterocycles. The Balaban J connectivity index is 1.73. The largest absolute Gasteiger partial charge is 0.484 e. The Morgan fingerprint density at radius 3 is 2.29 bits per heavy atom. The average molecular weight is 616 g/mol. The fraction of sp³-hybridized carbons (Fsp3) is 0.300. The predicted molar refractivity (Wildman–Crippen MR) is 161 cm³/mol. The first-order chi connectivity index (χ1) is 19.6. The first kappa shape index (κ1) is 32.4. The highest BCUT2D eigenvalue weighted by Crippen LogP contribution is 2.28. The number of sulfonamides is 1. The number of halogens is 1. The van der Waals surface area contributed by atoms with Crippen LogP contribution in [0.4, 0.5) is 11.4 Å². The minimum absolute atomic E-state index is 0.163. The molecule has 0 aliphatic carbocycles. The molecule has 3 aromatic carbocycles. The van der Waals surface area contributed by atoms with Crippen molar-refractivity contribution in [3.8, 4) is 5.75 Å². The van der Waals surface area contributed by atoms with Crippen LogP contribution in [0.15, 0.2) is 77.7 Å². The molecular formula is C30H34ClN3O7S. The number of likely N-dealkylation sites (N-methyl/N-ethyl adjacent to an activating group) is 1. The monoisotopic (exact) mass is 615 g/mol. The lowest BCUT2D eigenvalue weighted by atomic mass is 10.2. The van der Waals surface area contributed by atoms with Gasteiger partial charge in [-0.2, -0.15) is 0 Å². The summed E-state index contributed by atoms with van der Waals surface area (Å²) < 4.78 is 39.3. The maximum Gasteiger partial charge on any atom is 0.327 e. The third-order valence-electron chi connectivity index (χ3n) is 5.65. The van der Waals surface area contributed by atoms with E-state index in [-0.39, 0.29) is 34.4 Å². The second kappa shape index (κ2) is 13.7. The van der Waals surface area contributed by atoms with Crippen LogP contribution < -0.4 is 14.4 Å². The maximum absolute atomic E-state index is 13.8. The quantitative estimate of drug-likeness (QED) is 0.311. The number of hydrogen-bond acceptors (Lipinski definition) is 7. The van der Waals surface area contributed by atoms with E-state index in [2.05, 4.69) is 5.32 Å². The number of carbonyl (C=O) groups excluding carboxylic acids is 3. The maximum atomic E-state index is 13.8. The Kier molecular flexibility index (Phi) is 10.6. The van der Waals surface area contributed by atoms with Crippen molar-refractivity contribution in [3.63, 3.8) is 0 Å². The molecule has 0 spiro atoms. The Morgan fingerprint density at radius 1 is 0.929 bits per heavy atom. The molecule has 3 rings (SSSR count). The Hall–Kier alpha value is -4.09. The number of anilines is 2. The number of nitrogens with one attached hydrogen (secondary N) is 1. The molecule has 12 heteroatoms. The zero-order valence-electron chi connectivity index (χ0n) is 24.1. The van der Waals surface area contributed by atoms with Crippen molar-refractivity contribution in [1.29, 1.82) is 0 Å². The van der Waals surface area contributed by atoms with Crippen LogP contribution in [0.3, 0.4) is 0 Å². The van der Waals surface area contributed by atoms with Crippen molar-refractivity contribution in [2.24, 2.45) is 0 Å². The third-order valence-corrected chi connectivity index (χ3v) is 7.66. The lowest BCUT2D eigenvalue weighted by Gasteiger charge is -2.26. The van der Waals surface area contributed by atoms with Crippen molar-refractivity contribution in [3.05, 3.63) is 83.4 Å². The van der Waals surface area contributed by atoms with Gasteiger partial charge in [-0.1, -0.05) is 35.9 Å². The van der Waals surface area contributed by atoms with Gasteiger partial charge in [0.05, 0.1) is 17.1 Å². The number of ether oxygens (including phenoxy) is 2. The molecule has 0 aliphatic heterocycles. The lowest BCUT2D eigenvalue weighted by Crippen LogP contribution is -2.39. The molecule has 0 bridgehead atoms. The summed E-state index contributed by atoms with van der Waals surface area (Å²) in [7, 11) is -2.85. The summed E-state index contributed by atoms with van der Waals surface area (Å²) in [6.07, 6.45) is 0. The molecular weight excluding hydrogens is 582 g/mol. The topological polar surface area (TPSA) is 122 Å². The number of amides is 2. The Morgan fingerprint density at radius 2 is 1.62 bits per heavy atom. The van der Waals surface area contributed by atoms with Gasteiger partial charge in [-0.3, -0.25) is 18.7 Å². The highest BCUT2D eigenvalue weighted by molar-refractivity contribution is 7.92. The number of carbonyl (C=O) groups is 3. The lowest BCUT2D eigenvalue weighted by molar-refractivity contribution is -0.152. The van der Waals surface area contributed by atoms with Crippen molar-refractivity contribution >= 4 is 50.8 Å². The summed E-state index contributed by atoms with van der Waals surface area (Å²) in [6, 6.07) is 18.9. The van der Waals surface area contributed by atoms with Gasteiger partial charge in [0.25, 0.3) is 15.9 Å². The van der Waals surface area contributed by atoms with Crippen LogP contribution >= 0.6 is 11.6 Å². The number of benzene rings is 3. The van der Waals surface area contributed by atoms with Gasteiger partial charge in [0.15, 0.2) is 6.61 Å². The van der Waals surface area contributed by atoms with Crippen molar-refractivity contribution in [2.75, 3.05) is 36.4 Å². The number of nitrogens with zero attached hydrogens (tertiary/aromatic N) is 2. The van der Waals surface area contributed by atoms with Crippen molar-refractivity contribution in [2.45, 2.75) is 38.2 Å². The van der Waals surface area contributed by atoms with E-state index in [1.54, 1.807) is 45.0 Å². The molecule has 224 valence electrons. The number of hydrogen-bond donors (Lipinski definition) is 1. The summed E-state index contributed by atoms with van der Waals surface area (Å²) >= 11 is 6.11. The zero-order valence-corrected chi connectivity index (χ0v) is 25.7. The molecule has 0 radical (unpaired) electrons. The van der Waals surface area contributed by atoms with Gasteiger partial charge >= 0.3 is 5.97 Å². The number of esters is 1. The molecule has 3 aromatic rings. The van der Waals surface area contributed by atoms with Crippen molar-refractivity contribution < 1.29 is 32.3 Å². The van der Waals surface area contributed by atoms with Gasteiger partial charge in [-0.05, 0) is 81.8 Å². The first-order valence-corrected chi connectivity index (χ1v) is 14.8. The molecule has 0 atom stereocenters. The molecule has 10 nitrogen and oxygen atoms in total. The van der Waals surface area contributed by atoms with E-state index in [0.717, 1.165) is 9.87 Å². The summed E-state index contributed by atoms with van der Waals surface area (Å²) in [4.78, 5) is 38.8. The SMILES string of the molecule is Cc1cccc(OCC(=O)N(C)CC(=O)Nc2cccc(S(=O)(=O)N(CC(=O)OC(C)(C)C)c3cccc(Cl)c3)c2)c1. The van der Waals surface area contributed by atoms with Gasteiger partial charge in [0, 0.05) is 17.8 Å². The van der Waals surface area contributed by atoms with Crippen LogP contribution in [0.25, 0.3) is 0 Å². The van der Waals surface area contributed by atoms with Gasteiger partial charge in [-0.25, -0.2) is 8.42 Å². The number of aryl methyl sites for hydroxylation is 1. The van der Waals surface area contributed by atoms with Crippen LogP contribution in [0, 0.1) is 6.92 Å². The van der Waals surface area contributed by atoms with E-state index in [1.165, 1.54) is 48.3 Å². The molecule has 0 unspecified atom stereocenters. The highest BCUT2D eigenvalue weighted by Gasteiger charge is 2.30. The molecule has 1 N–H and O–H groups in total. The molecule has 0 aromatic heterocycles. The molecule has 0 fully saturated rings. The average Bonchev–Trinajstić information content (AvgIpc) is 2.89. The van der Waals surface area contributed by atoms with E-state index in [1.807, 2.05) is 19.1 Å². The van der Waals surface area contributed by atoms with Crippen LogP contribution in [0.1, 0.15) is 26.3 Å². The second-order valence-corrected chi connectivity index (χ2v) is 12.8. The first-order valence-electron chi connectivity index (χ1n) is 13.0. The zero-order chi connectivity index (χ0) is 31.1. The minimum Gasteiger partial charge on any atom is -0.484 e. The fourth-order valence-electron chi connectivity index (χ4n) is 3.76. The fourth-order valence-corrected chi connectivity index (χ4v) is 5.40. The normalized spacial score (nSPS) is 11.4. The summed E-state index contributed by atoms with van der Waals surface area (Å²) in [5, 5.41) is 2.89.